The molecule has 4 heteroatoms. The van der Waals surface area contributed by atoms with E-state index >= 15 is 0 Å². The summed E-state index contributed by atoms with van der Waals surface area (Å²) in [6.07, 6.45) is 0.293. The van der Waals surface area contributed by atoms with Gasteiger partial charge in [-0.1, -0.05) is 47.5 Å². The summed E-state index contributed by atoms with van der Waals surface area (Å²) in [6.45, 7) is 0. The van der Waals surface area contributed by atoms with Gasteiger partial charge >= 0.3 is 0 Å². The molecule has 0 saturated heterocycles. The number of carbonyl (C=O) groups excluding carboxylic acids is 2. The SMILES string of the molecule is O=CC(=O)c1ccc(-c2cc(Cl)ccc2Cl)cc1. The lowest BCUT2D eigenvalue weighted by molar-refractivity contribution is -0.104. The molecule has 2 rings (SSSR count). The van der Waals surface area contributed by atoms with Crippen molar-refractivity contribution in [2.24, 2.45) is 0 Å². The van der Waals surface area contributed by atoms with Gasteiger partial charge in [-0.3, -0.25) is 9.59 Å². The Morgan fingerprint density at radius 3 is 2.28 bits per heavy atom. The van der Waals surface area contributed by atoms with Crippen LogP contribution in [0.15, 0.2) is 42.5 Å². The van der Waals surface area contributed by atoms with Crippen molar-refractivity contribution in [1.82, 2.24) is 0 Å². The van der Waals surface area contributed by atoms with Gasteiger partial charge in [-0.15, -0.1) is 0 Å². The summed E-state index contributed by atoms with van der Waals surface area (Å²) in [5.74, 6) is -0.543. The second-order valence-corrected chi connectivity index (χ2v) is 4.53. The number of hydrogen-bond acceptors (Lipinski definition) is 2. The average molecular weight is 279 g/mol. The summed E-state index contributed by atoms with van der Waals surface area (Å²) in [5, 5.41) is 1.16. The van der Waals surface area contributed by atoms with E-state index in [0.29, 0.717) is 21.9 Å². The maximum Gasteiger partial charge on any atom is 0.225 e. The Bertz CT molecular complexity index is 604. The number of ketones is 1. The molecule has 0 N–H and O–H groups in total. The smallest absolute Gasteiger partial charge is 0.225 e. The third-order valence-electron chi connectivity index (χ3n) is 2.52. The molecule has 0 aliphatic rings. The van der Waals surface area contributed by atoms with E-state index in [0.717, 1.165) is 11.1 Å². The van der Waals surface area contributed by atoms with Gasteiger partial charge in [-0.2, -0.15) is 0 Å². The number of benzene rings is 2. The molecule has 0 heterocycles. The molecule has 2 nitrogen and oxygen atoms in total. The van der Waals surface area contributed by atoms with Gasteiger partial charge < -0.3 is 0 Å². The van der Waals surface area contributed by atoms with Crippen molar-refractivity contribution in [3.8, 4) is 11.1 Å². The fourth-order valence-corrected chi connectivity index (χ4v) is 2.00. The number of hydrogen-bond donors (Lipinski definition) is 0. The van der Waals surface area contributed by atoms with E-state index in [-0.39, 0.29) is 0 Å². The molecule has 0 aliphatic heterocycles. The zero-order valence-corrected chi connectivity index (χ0v) is 10.7. The van der Waals surface area contributed by atoms with Crippen LogP contribution in [0.3, 0.4) is 0 Å². The van der Waals surface area contributed by atoms with Crippen molar-refractivity contribution < 1.29 is 9.59 Å². The van der Waals surface area contributed by atoms with Crippen molar-refractivity contribution in [3.05, 3.63) is 58.1 Å². The van der Waals surface area contributed by atoms with E-state index in [1.807, 2.05) is 0 Å². The lowest BCUT2D eigenvalue weighted by Gasteiger charge is -2.05. The Morgan fingerprint density at radius 2 is 1.67 bits per heavy atom. The molecule has 0 unspecified atom stereocenters. The first kappa shape index (κ1) is 12.8. The molecule has 0 saturated carbocycles. The summed E-state index contributed by atoms with van der Waals surface area (Å²) < 4.78 is 0. The minimum atomic E-state index is -0.543. The van der Waals surface area contributed by atoms with Gasteiger partial charge in [0.05, 0.1) is 0 Å². The van der Waals surface area contributed by atoms with Crippen molar-refractivity contribution in [2.45, 2.75) is 0 Å². The predicted octanol–water partition coefficient (Wildman–Crippen LogP) is 4.04. The van der Waals surface area contributed by atoms with Gasteiger partial charge in [0, 0.05) is 21.2 Å². The Balaban J connectivity index is 2.43. The van der Waals surface area contributed by atoms with Gasteiger partial charge in [0.15, 0.2) is 6.29 Å². The number of carbonyl (C=O) groups is 2. The van der Waals surface area contributed by atoms with Crippen LogP contribution in [-0.2, 0) is 4.79 Å². The van der Waals surface area contributed by atoms with Gasteiger partial charge in [-0.25, -0.2) is 0 Å². The topological polar surface area (TPSA) is 34.1 Å². The van der Waals surface area contributed by atoms with Gasteiger partial charge in [0.2, 0.25) is 5.78 Å². The minimum absolute atomic E-state index is 0.293. The van der Waals surface area contributed by atoms with E-state index in [9.17, 15) is 9.59 Å². The number of Topliss-reactive ketones (excluding diaryl/α,β-unsaturated/α-hetero) is 1. The third kappa shape index (κ3) is 2.61. The molecule has 0 radical (unpaired) electrons. The number of rotatable bonds is 3. The lowest BCUT2D eigenvalue weighted by Crippen LogP contribution is -1.98. The highest BCUT2D eigenvalue weighted by molar-refractivity contribution is 6.35. The maximum atomic E-state index is 11.2. The van der Waals surface area contributed by atoms with Crippen molar-refractivity contribution in [1.29, 1.82) is 0 Å². The summed E-state index contributed by atoms with van der Waals surface area (Å²) in [6, 6.07) is 11.8. The third-order valence-corrected chi connectivity index (χ3v) is 3.08. The van der Waals surface area contributed by atoms with E-state index in [2.05, 4.69) is 0 Å². The molecule has 90 valence electrons. The first-order valence-corrected chi connectivity index (χ1v) is 5.92. The normalized spacial score (nSPS) is 10.1. The molecule has 0 aromatic heterocycles. The molecule has 0 atom stereocenters. The van der Waals surface area contributed by atoms with E-state index in [1.54, 1.807) is 42.5 Å². The minimum Gasteiger partial charge on any atom is -0.294 e. The Morgan fingerprint density at radius 1 is 1.00 bits per heavy atom. The number of halogens is 2. The van der Waals surface area contributed by atoms with E-state index in [1.165, 1.54) is 0 Å². The van der Waals surface area contributed by atoms with Crippen LogP contribution in [0.4, 0.5) is 0 Å². The standard InChI is InChI=1S/C14H8Cl2O2/c15-11-5-6-13(16)12(7-11)9-1-3-10(4-2-9)14(18)8-17/h1-8H. The Labute approximate surface area is 114 Å². The molecular formula is C14H8Cl2O2. The molecule has 0 amide bonds. The first-order chi connectivity index (χ1) is 8.61. The molecule has 0 bridgehead atoms. The van der Waals surface area contributed by atoms with Crippen LogP contribution in [0, 0.1) is 0 Å². The van der Waals surface area contributed by atoms with Crippen LogP contribution < -0.4 is 0 Å². The second-order valence-electron chi connectivity index (χ2n) is 3.68. The Hall–Kier alpha value is -1.64. The fraction of sp³-hybridized carbons (Fsp3) is 0. The van der Waals surface area contributed by atoms with Crippen molar-refractivity contribution in [2.75, 3.05) is 0 Å². The van der Waals surface area contributed by atoms with Crippen LogP contribution in [0.25, 0.3) is 11.1 Å². The quantitative estimate of drug-likeness (QED) is 0.482. The van der Waals surface area contributed by atoms with E-state index < -0.39 is 5.78 Å². The number of aldehydes is 1. The molecule has 0 fully saturated rings. The van der Waals surface area contributed by atoms with Gasteiger partial charge in [-0.05, 0) is 23.8 Å². The van der Waals surface area contributed by atoms with Crippen LogP contribution in [0.2, 0.25) is 10.0 Å². The van der Waals surface area contributed by atoms with E-state index in [4.69, 9.17) is 23.2 Å². The van der Waals surface area contributed by atoms with Crippen molar-refractivity contribution >= 4 is 35.3 Å². The maximum absolute atomic E-state index is 11.2. The zero-order chi connectivity index (χ0) is 13.1. The highest BCUT2D eigenvalue weighted by Crippen LogP contribution is 2.30. The second kappa shape index (κ2) is 5.34. The van der Waals surface area contributed by atoms with Crippen LogP contribution in [-0.4, -0.2) is 12.1 Å². The average Bonchev–Trinajstić information content (AvgIpc) is 2.41. The molecule has 18 heavy (non-hydrogen) atoms. The summed E-state index contributed by atoms with van der Waals surface area (Å²) in [5.41, 5.74) is 1.98. The molecule has 0 spiro atoms. The largest absolute Gasteiger partial charge is 0.294 e. The van der Waals surface area contributed by atoms with Gasteiger partial charge in [0.25, 0.3) is 0 Å². The zero-order valence-electron chi connectivity index (χ0n) is 9.19. The first-order valence-electron chi connectivity index (χ1n) is 5.17. The van der Waals surface area contributed by atoms with Crippen LogP contribution in [0.5, 0.6) is 0 Å². The highest BCUT2D eigenvalue weighted by Gasteiger charge is 2.07. The molecule has 2 aromatic rings. The predicted molar refractivity (Wildman–Crippen MR) is 72.3 cm³/mol. The molecule has 2 aromatic carbocycles. The van der Waals surface area contributed by atoms with Gasteiger partial charge in [0.1, 0.15) is 0 Å². The summed E-state index contributed by atoms with van der Waals surface area (Å²) in [4.78, 5) is 21.5. The Kier molecular flexibility index (Phi) is 3.80. The highest BCUT2D eigenvalue weighted by atomic mass is 35.5. The summed E-state index contributed by atoms with van der Waals surface area (Å²) in [7, 11) is 0. The molecule has 0 aliphatic carbocycles. The molecular weight excluding hydrogens is 271 g/mol. The summed E-state index contributed by atoms with van der Waals surface area (Å²) >= 11 is 12.0. The van der Waals surface area contributed by atoms with Crippen LogP contribution in [0.1, 0.15) is 10.4 Å². The van der Waals surface area contributed by atoms with Crippen LogP contribution >= 0.6 is 23.2 Å². The fourth-order valence-electron chi connectivity index (χ4n) is 1.60. The lowest BCUT2D eigenvalue weighted by atomic mass is 10.0. The van der Waals surface area contributed by atoms with Crippen molar-refractivity contribution in [3.63, 3.8) is 0 Å². The monoisotopic (exact) mass is 278 g/mol.